The lowest BCUT2D eigenvalue weighted by molar-refractivity contribution is -0.142. The van der Waals surface area contributed by atoms with E-state index in [-0.39, 0.29) is 22.4 Å². The van der Waals surface area contributed by atoms with Gasteiger partial charge in [0.15, 0.2) is 0 Å². The minimum atomic E-state index is 0.0267. The summed E-state index contributed by atoms with van der Waals surface area (Å²) in [5, 5.41) is 0. The number of carbonyl (C=O) groups excluding carboxylic acids is 2. The first-order valence-corrected chi connectivity index (χ1v) is 20.6. The summed E-state index contributed by atoms with van der Waals surface area (Å²) < 4.78 is 10.9. The average Bonchev–Trinajstić information content (AvgIpc) is 3.23. The zero-order chi connectivity index (χ0) is 40.0. The molecule has 2 heterocycles. The molecule has 0 atom stereocenters. The van der Waals surface area contributed by atoms with Crippen molar-refractivity contribution in [3.8, 4) is 11.1 Å². The Hall–Kier alpha value is -5.82. The van der Waals surface area contributed by atoms with Crippen molar-refractivity contribution in [3.05, 3.63) is 169 Å². The van der Waals surface area contributed by atoms with Gasteiger partial charge in [0.1, 0.15) is 11.6 Å². The van der Waals surface area contributed by atoms with E-state index in [9.17, 15) is 9.59 Å². The van der Waals surface area contributed by atoms with Crippen LogP contribution < -0.4 is 9.80 Å². The number of benzene rings is 6. The smallest absolute Gasteiger partial charge is 0.137 e. The highest BCUT2D eigenvalue weighted by Gasteiger charge is 2.39. The van der Waals surface area contributed by atoms with Crippen LogP contribution in [-0.2, 0) is 31.9 Å². The molecule has 8 rings (SSSR count). The second kappa shape index (κ2) is 17.4. The summed E-state index contributed by atoms with van der Waals surface area (Å²) in [5.74, 6) is 0.543. The zero-order valence-electron chi connectivity index (χ0n) is 33.6. The van der Waals surface area contributed by atoms with Gasteiger partial charge in [0, 0.05) is 70.6 Å². The number of ether oxygens (including phenoxy) is 2. The first kappa shape index (κ1) is 39.0. The van der Waals surface area contributed by atoms with Crippen LogP contribution in [0.15, 0.2) is 158 Å². The Kier molecular flexibility index (Phi) is 11.7. The largest absolute Gasteiger partial charge is 0.380 e. The third-order valence-corrected chi connectivity index (χ3v) is 12.1. The molecule has 0 radical (unpaired) electrons. The van der Waals surface area contributed by atoms with Gasteiger partial charge >= 0.3 is 0 Å². The summed E-state index contributed by atoms with van der Waals surface area (Å²) in [7, 11) is 0. The van der Waals surface area contributed by atoms with Gasteiger partial charge in [0.25, 0.3) is 0 Å². The van der Waals surface area contributed by atoms with E-state index in [1.807, 2.05) is 12.1 Å². The Morgan fingerprint density at radius 1 is 0.431 bits per heavy atom. The average molecular weight is 769 g/mol. The van der Waals surface area contributed by atoms with Crippen molar-refractivity contribution >= 4 is 45.7 Å². The molecule has 0 aromatic heterocycles. The van der Waals surface area contributed by atoms with E-state index in [0.717, 1.165) is 69.2 Å². The van der Waals surface area contributed by atoms with Gasteiger partial charge in [0.2, 0.25) is 0 Å². The summed E-state index contributed by atoms with van der Waals surface area (Å²) in [6.45, 7) is 7.05. The predicted molar refractivity (Wildman–Crippen MR) is 235 cm³/mol. The highest BCUT2D eigenvalue weighted by Crippen LogP contribution is 2.40. The van der Waals surface area contributed by atoms with Crippen LogP contribution in [0, 0.1) is 10.8 Å². The van der Waals surface area contributed by atoms with Crippen molar-refractivity contribution in [2.45, 2.75) is 52.4 Å². The molecule has 0 unspecified atom stereocenters. The number of hydrogen-bond acceptors (Lipinski definition) is 6. The molecular formula is C52H52N2O4. The Labute approximate surface area is 343 Å². The molecule has 0 saturated carbocycles. The first-order valence-electron chi connectivity index (χ1n) is 20.6. The highest BCUT2D eigenvalue weighted by atomic mass is 16.5. The topological polar surface area (TPSA) is 59.1 Å². The van der Waals surface area contributed by atoms with Crippen molar-refractivity contribution in [1.29, 1.82) is 0 Å². The van der Waals surface area contributed by atoms with Crippen molar-refractivity contribution < 1.29 is 19.1 Å². The van der Waals surface area contributed by atoms with Crippen LogP contribution in [-0.4, -0.2) is 38.0 Å². The number of nitrogens with zero attached hydrogens (tertiary/aromatic N) is 2. The van der Waals surface area contributed by atoms with Crippen LogP contribution in [0.3, 0.4) is 0 Å². The molecule has 6 nitrogen and oxygen atoms in total. The minimum absolute atomic E-state index is 0.0267. The maximum absolute atomic E-state index is 13.0. The number of Topliss-reactive ketones (excluding diaryl/α,β-unsaturated/α-hetero) is 2. The van der Waals surface area contributed by atoms with Gasteiger partial charge in [-0.15, -0.1) is 0 Å². The van der Waals surface area contributed by atoms with Crippen molar-refractivity contribution in [1.82, 2.24) is 0 Å². The molecule has 58 heavy (non-hydrogen) atoms. The summed E-state index contributed by atoms with van der Waals surface area (Å²) in [5.41, 5.74) is 10.6. The molecule has 0 spiro atoms. The molecule has 0 aliphatic carbocycles. The van der Waals surface area contributed by atoms with Crippen molar-refractivity contribution in [2.75, 3.05) is 36.2 Å². The van der Waals surface area contributed by atoms with E-state index in [4.69, 9.17) is 9.47 Å². The van der Waals surface area contributed by atoms with Gasteiger partial charge in [-0.3, -0.25) is 9.59 Å². The maximum Gasteiger partial charge on any atom is 0.137 e. The molecule has 0 N–H and O–H groups in total. The van der Waals surface area contributed by atoms with Gasteiger partial charge in [0.05, 0.1) is 26.4 Å². The summed E-state index contributed by atoms with van der Waals surface area (Å²) in [6, 6.07) is 54.9. The number of hydrogen-bond donors (Lipinski definition) is 0. The first-order chi connectivity index (χ1) is 28.3. The van der Waals surface area contributed by atoms with Gasteiger partial charge in [-0.1, -0.05) is 98.8 Å². The van der Waals surface area contributed by atoms with Crippen LogP contribution in [0.1, 0.15) is 50.7 Å². The molecule has 2 aliphatic rings. The number of carbonyl (C=O) groups is 2. The van der Waals surface area contributed by atoms with Gasteiger partial charge in [-0.25, -0.2) is 0 Å². The monoisotopic (exact) mass is 768 g/mol. The molecule has 2 aliphatic heterocycles. The zero-order valence-corrected chi connectivity index (χ0v) is 33.6. The van der Waals surface area contributed by atoms with E-state index < -0.39 is 0 Å². The minimum Gasteiger partial charge on any atom is -0.380 e. The summed E-state index contributed by atoms with van der Waals surface area (Å²) in [4.78, 5) is 30.5. The second-order valence-electron chi connectivity index (χ2n) is 16.2. The van der Waals surface area contributed by atoms with E-state index in [0.29, 0.717) is 52.1 Å². The van der Waals surface area contributed by atoms with Gasteiger partial charge < -0.3 is 19.3 Å². The fourth-order valence-corrected chi connectivity index (χ4v) is 8.24. The third kappa shape index (κ3) is 8.69. The summed E-state index contributed by atoms with van der Waals surface area (Å²) >= 11 is 0. The maximum atomic E-state index is 13.0. The molecule has 294 valence electrons. The molecule has 6 heteroatoms. The number of anilines is 6. The Morgan fingerprint density at radius 2 is 0.724 bits per heavy atom. The normalized spacial score (nSPS) is 15.1. The molecule has 0 bridgehead atoms. The van der Waals surface area contributed by atoms with Crippen LogP contribution in [0.5, 0.6) is 0 Å². The quantitative estimate of drug-likeness (QED) is 0.0921. The Bertz CT molecular complexity index is 2100. The number of ketones is 2. The fraction of sp³-hybridized carbons (Fsp3) is 0.269. The lowest BCUT2D eigenvalue weighted by Crippen LogP contribution is -2.43. The van der Waals surface area contributed by atoms with E-state index in [1.54, 1.807) is 0 Å². The van der Waals surface area contributed by atoms with Crippen LogP contribution in [0.2, 0.25) is 0 Å². The van der Waals surface area contributed by atoms with Crippen LogP contribution >= 0.6 is 0 Å². The molecule has 2 saturated heterocycles. The number of para-hydroxylation sites is 2. The Balaban J connectivity index is 0.986. The van der Waals surface area contributed by atoms with Gasteiger partial charge in [-0.2, -0.15) is 0 Å². The van der Waals surface area contributed by atoms with Crippen molar-refractivity contribution in [3.63, 3.8) is 0 Å². The molecule has 0 amide bonds. The lowest BCUT2D eigenvalue weighted by atomic mass is 9.78. The molecule has 2 fully saturated rings. The SMILES string of the molecule is CCC1(CC(=O)Cc2ccc(N(c3ccccc3)c3ccc(-c4ccc(N(c5ccccc5)c5ccc(CC(=O)CC6(CC)COC6)cc5)cc4)cc3)cc2)COC1. The van der Waals surface area contributed by atoms with Crippen molar-refractivity contribution in [2.24, 2.45) is 10.8 Å². The standard InChI is InChI=1S/C52H52N2O4/c1-3-51(35-57-36-51)33-49(55)31-39-15-23-45(24-16-39)53(43-11-7-5-8-12-43)47-27-19-41(20-28-47)42-21-29-48(30-22-42)54(44-13-9-6-10-14-44)46-25-17-40(18-26-46)32-50(56)34-52(4-2)37-58-38-52/h5-30H,3-4,31-38H2,1-2H3. The molecular weight excluding hydrogens is 717 g/mol. The highest BCUT2D eigenvalue weighted by molar-refractivity contribution is 5.84. The molecule has 6 aromatic carbocycles. The van der Waals surface area contributed by atoms with Crippen LogP contribution in [0.4, 0.5) is 34.1 Å². The summed E-state index contributed by atoms with van der Waals surface area (Å²) in [6.07, 6.45) is 3.98. The van der Waals surface area contributed by atoms with Gasteiger partial charge in [-0.05, 0) is 108 Å². The predicted octanol–water partition coefficient (Wildman–Crippen LogP) is 12.1. The Morgan fingerprint density at radius 3 is 1.00 bits per heavy atom. The lowest BCUT2D eigenvalue weighted by Gasteiger charge is -2.40. The number of rotatable bonds is 17. The second-order valence-corrected chi connectivity index (χ2v) is 16.2. The van der Waals surface area contributed by atoms with Crippen LogP contribution in [0.25, 0.3) is 11.1 Å². The molecule has 6 aromatic rings. The third-order valence-electron chi connectivity index (χ3n) is 12.1. The van der Waals surface area contributed by atoms with E-state index in [2.05, 4.69) is 169 Å². The van der Waals surface area contributed by atoms with E-state index in [1.165, 1.54) is 0 Å². The fourth-order valence-electron chi connectivity index (χ4n) is 8.24. The van der Waals surface area contributed by atoms with E-state index >= 15 is 0 Å².